The van der Waals surface area contributed by atoms with Gasteiger partial charge in [-0.3, -0.25) is 9.59 Å². The number of hydrogen-bond acceptors (Lipinski definition) is 4. The van der Waals surface area contributed by atoms with E-state index in [4.69, 9.17) is 9.47 Å². The highest BCUT2D eigenvalue weighted by Gasteiger charge is 2.41. The third-order valence-electron chi connectivity index (χ3n) is 18.8. The van der Waals surface area contributed by atoms with Gasteiger partial charge in [-0.25, -0.2) is 4.90 Å². The van der Waals surface area contributed by atoms with Crippen LogP contribution in [0, 0.1) is 10.8 Å². The number of hydrogen-bond donors (Lipinski definition) is 0. The molecule has 0 saturated heterocycles. The molecular weight excluding hydrogens is 1060 g/mol. The van der Waals surface area contributed by atoms with Crippen LogP contribution in [0.2, 0.25) is 0 Å². The van der Waals surface area contributed by atoms with Gasteiger partial charge in [-0.1, -0.05) is 236 Å². The third kappa shape index (κ3) is 9.09. The Morgan fingerprint density at radius 2 is 0.724 bits per heavy atom. The average Bonchev–Trinajstić information content (AvgIpc) is 0.737. The number of ether oxygens (including phenoxy) is 2. The number of rotatable bonds is 12. The molecular formula is C82H77NO4. The maximum absolute atomic E-state index is 16.1. The Bertz CT molecular complexity index is 4740. The minimum Gasteiger partial charge on any atom is -0.457 e. The van der Waals surface area contributed by atoms with Crippen molar-refractivity contribution in [1.82, 2.24) is 0 Å². The van der Waals surface area contributed by atoms with Crippen molar-refractivity contribution in [3.63, 3.8) is 0 Å². The predicted octanol–water partition coefficient (Wildman–Crippen LogP) is 23.5. The summed E-state index contributed by atoms with van der Waals surface area (Å²) in [5.74, 6) is 1.61. The van der Waals surface area contributed by atoms with Crippen molar-refractivity contribution < 1.29 is 19.1 Å². The molecule has 434 valence electrons. The molecule has 2 amide bonds. The van der Waals surface area contributed by atoms with Crippen molar-refractivity contribution in [3.05, 3.63) is 209 Å². The molecule has 0 bridgehead atoms. The van der Waals surface area contributed by atoms with Crippen molar-refractivity contribution in [3.8, 4) is 34.1 Å². The van der Waals surface area contributed by atoms with E-state index in [9.17, 15) is 0 Å². The maximum atomic E-state index is 16.1. The zero-order valence-electron chi connectivity index (χ0n) is 52.9. The molecule has 1 aliphatic heterocycles. The van der Waals surface area contributed by atoms with Gasteiger partial charge in [-0.2, -0.15) is 0 Å². The Kier molecular flexibility index (Phi) is 12.8. The van der Waals surface area contributed by atoms with E-state index in [2.05, 4.69) is 255 Å². The van der Waals surface area contributed by atoms with E-state index in [0.717, 1.165) is 72.8 Å². The van der Waals surface area contributed by atoms with Gasteiger partial charge >= 0.3 is 0 Å². The van der Waals surface area contributed by atoms with E-state index in [1.54, 1.807) is 0 Å². The fraction of sp³-hybridized carbons (Fsp3) is 0.268. The summed E-state index contributed by atoms with van der Waals surface area (Å²) >= 11 is 0. The molecule has 0 saturated carbocycles. The van der Waals surface area contributed by atoms with Gasteiger partial charge in [0.25, 0.3) is 11.8 Å². The van der Waals surface area contributed by atoms with E-state index in [1.165, 1.54) is 59.1 Å². The smallest absolute Gasteiger partial charge is 0.266 e. The van der Waals surface area contributed by atoms with Crippen molar-refractivity contribution in [2.24, 2.45) is 10.8 Å². The molecule has 0 aromatic heterocycles. The minimum atomic E-state index is -0.382. The lowest BCUT2D eigenvalue weighted by Gasteiger charge is -2.34. The molecule has 5 heteroatoms. The molecule has 0 N–H and O–H groups in total. The first-order chi connectivity index (χ1) is 41.4. The van der Waals surface area contributed by atoms with Crippen LogP contribution in [0.5, 0.6) is 23.0 Å². The van der Waals surface area contributed by atoms with Crippen LogP contribution in [0.3, 0.4) is 0 Å². The predicted molar refractivity (Wildman–Crippen MR) is 367 cm³/mol. The van der Waals surface area contributed by atoms with Crippen molar-refractivity contribution in [2.75, 3.05) is 4.90 Å². The van der Waals surface area contributed by atoms with E-state index < -0.39 is 0 Å². The fourth-order valence-electron chi connectivity index (χ4n) is 15.9. The third-order valence-corrected chi connectivity index (χ3v) is 18.8. The summed E-state index contributed by atoms with van der Waals surface area (Å²) in [4.78, 5) is 33.7. The summed E-state index contributed by atoms with van der Waals surface area (Å²) in [6, 6.07) is 62.8. The number of imide groups is 1. The van der Waals surface area contributed by atoms with Crippen LogP contribution in [-0.2, 0) is 10.8 Å². The maximum Gasteiger partial charge on any atom is 0.266 e. The first-order valence-electron chi connectivity index (χ1n) is 31.3. The summed E-state index contributed by atoms with van der Waals surface area (Å²) in [5.41, 5.74) is 8.06. The zero-order chi connectivity index (χ0) is 61.0. The molecule has 0 aliphatic carbocycles. The van der Waals surface area contributed by atoms with Crippen LogP contribution in [0.1, 0.15) is 165 Å². The molecule has 1 aliphatic rings. The number of benzene rings is 13. The number of anilines is 1. The van der Waals surface area contributed by atoms with Crippen LogP contribution in [0.25, 0.3) is 97.3 Å². The van der Waals surface area contributed by atoms with E-state index >= 15 is 9.59 Å². The molecule has 1 heterocycles. The second-order valence-electron chi connectivity index (χ2n) is 29.4. The van der Waals surface area contributed by atoms with Gasteiger partial charge in [0.1, 0.15) is 23.0 Å². The number of carbonyl (C=O) groups is 2. The molecule has 87 heavy (non-hydrogen) atoms. The van der Waals surface area contributed by atoms with Crippen LogP contribution >= 0.6 is 0 Å². The fourth-order valence-corrected chi connectivity index (χ4v) is 15.9. The Morgan fingerprint density at radius 1 is 0.356 bits per heavy atom. The van der Waals surface area contributed by atoms with E-state index in [-0.39, 0.29) is 45.3 Å². The second-order valence-corrected chi connectivity index (χ2v) is 29.4. The zero-order valence-corrected chi connectivity index (χ0v) is 52.9. The normalized spacial score (nSPS) is 13.7. The Hall–Kier alpha value is -8.80. The molecule has 0 radical (unpaired) electrons. The van der Waals surface area contributed by atoms with Gasteiger partial charge < -0.3 is 9.47 Å². The van der Waals surface area contributed by atoms with Crippen LogP contribution in [0.4, 0.5) is 5.69 Å². The lowest BCUT2D eigenvalue weighted by molar-refractivity contribution is 0.0892. The highest BCUT2D eigenvalue weighted by Crippen LogP contribution is 2.55. The molecule has 0 fully saturated rings. The highest BCUT2D eigenvalue weighted by atomic mass is 16.5. The summed E-state index contributed by atoms with van der Waals surface area (Å²) in [6.07, 6.45) is 2.00. The number of nitrogens with zero attached hydrogens (tertiary/aromatic N) is 1. The van der Waals surface area contributed by atoms with Gasteiger partial charge in [0.15, 0.2) is 0 Å². The Balaban J connectivity index is 1.07. The van der Waals surface area contributed by atoms with Crippen molar-refractivity contribution >= 4 is 104 Å². The quantitative estimate of drug-likeness (QED) is 0.0695. The van der Waals surface area contributed by atoms with Crippen molar-refractivity contribution in [2.45, 2.75) is 132 Å². The van der Waals surface area contributed by atoms with Gasteiger partial charge in [0, 0.05) is 21.5 Å². The largest absolute Gasteiger partial charge is 0.457 e. The number of carbonyl (C=O) groups excluding carboxylic acids is 2. The first-order valence-corrected chi connectivity index (χ1v) is 31.3. The molecule has 0 atom stereocenters. The average molecular weight is 1140 g/mol. The molecule has 5 nitrogen and oxygen atoms in total. The monoisotopic (exact) mass is 1140 g/mol. The lowest BCUT2D eigenvalue weighted by atomic mass is 9.72. The first kappa shape index (κ1) is 56.0. The van der Waals surface area contributed by atoms with Crippen LogP contribution in [-0.4, -0.2) is 11.8 Å². The van der Waals surface area contributed by atoms with Crippen molar-refractivity contribution in [1.29, 1.82) is 0 Å². The highest BCUT2D eigenvalue weighted by molar-refractivity contribution is 6.45. The van der Waals surface area contributed by atoms with E-state index in [1.807, 2.05) is 18.2 Å². The standard InChI is InChI=1S/C82H77NO4/c1-46(2)53-22-17-23-54(47(3)4)76(53)83-77(84)65-42-67(86-51-34-30-49(31-35-51)81(11,12)44-79(5,6)7)73-63-29-19-27-58-56(55-38-40-62-60-25-16-21-48-20-15-24-59(69(48)60)61-28-18-26-57(55)70(61)62)39-41-64(71(58)63)74-68(43-66(78(83)85)72(65)75(73)74)87-52-36-32-50(33-37-52)82(13,14)45-80(8,9)10/h15-43,46-47H,44-45H2,1-14H3. The van der Waals surface area contributed by atoms with Gasteiger partial charge in [0.2, 0.25) is 0 Å². The number of fused-ring (bicyclic) bond motifs is 4. The van der Waals surface area contributed by atoms with Crippen LogP contribution in [0.15, 0.2) is 176 Å². The molecule has 13 aromatic rings. The summed E-state index contributed by atoms with van der Waals surface area (Å²) < 4.78 is 14.7. The second kappa shape index (κ2) is 19.9. The minimum absolute atomic E-state index is 0.0184. The SMILES string of the molecule is CC(C)c1cccc(C(C)C)c1N1C(=O)c2cc(Oc3ccc(C(C)(C)CC(C)(C)C)cc3)c3c4cccc5c(-c6ccc7c8cccc9cccc(c%10cccc6c%107)c98)ccc(c6c(Oc7ccc(C(C)(C)CC(C)(C)C)cc7)cc(c2c36)C1=O)c54. The van der Waals surface area contributed by atoms with Gasteiger partial charge in [0.05, 0.1) is 16.8 Å². The van der Waals surface area contributed by atoms with E-state index in [0.29, 0.717) is 45.2 Å². The molecule has 0 spiro atoms. The molecule has 14 rings (SSSR count). The van der Waals surface area contributed by atoms with Gasteiger partial charge in [-0.05, 0) is 181 Å². The molecule has 0 unspecified atom stereocenters. The van der Waals surface area contributed by atoms with Crippen LogP contribution < -0.4 is 14.4 Å². The number of para-hydroxylation sites is 1. The topological polar surface area (TPSA) is 55.8 Å². The number of amides is 2. The summed E-state index contributed by atoms with van der Waals surface area (Å²) in [7, 11) is 0. The lowest BCUT2D eigenvalue weighted by Crippen LogP contribution is -2.42. The Labute approximate surface area is 511 Å². The summed E-state index contributed by atoms with van der Waals surface area (Å²) in [5, 5.41) is 16.9. The molecule has 13 aromatic carbocycles. The summed E-state index contributed by atoms with van der Waals surface area (Å²) in [6.45, 7) is 31.5. The Morgan fingerprint density at radius 3 is 1.17 bits per heavy atom. The van der Waals surface area contributed by atoms with Gasteiger partial charge in [-0.15, -0.1) is 0 Å².